The van der Waals surface area contributed by atoms with Gasteiger partial charge in [0.05, 0.1) is 16.3 Å². The largest absolute Gasteiger partial charge is 0.416 e. The summed E-state index contributed by atoms with van der Waals surface area (Å²) in [4.78, 5) is -1.05. The van der Waals surface area contributed by atoms with Crippen molar-refractivity contribution in [1.82, 2.24) is 0 Å². The van der Waals surface area contributed by atoms with Crippen LogP contribution in [0.25, 0.3) is 0 Å². The van der Waals surface area contributed by atoms with Gasteiger partial charge in [-0.3, -0.25) is 4.72 Å². The molecule has 0 amide bonds. The van der Waals surface area contributed by atoms with E-state index in [0.717, 1.165) is 6.07 Å². The number of halogens is 6. The third kappa shape index (κ3) is 3.91. The summed E-state index contributed by atoms with van der Waals surface area (Å²) < 4.78 is 90.3. The topological polar surface area (TPSA) is 46.2 Å². The van der Waals surface area contributed by atoms with Gasteiger partial charge >= 0.3 is 6.18 Å². The maximum Gasteiger partial charge on any atom is 0.416 e. The van der Waals surface area contributed by atoms with E-state index in [2.05, 4.69) is 0 Å². The molecule has 1 N–H and O–H groups in total. The fraction of sp³-hybridized carbons (Fsp3) is 0.0769. The highest BCUT2D eigenvalue weighted by Crippen LogP contribution is 2.34. The van der Waals surface area contributed by atoms with Crippen LogP contribution in [0.4, 0.5) is 27.6 Å². The molecule has 2 aromatic carbocycles. The highest BCUT2D eigenvalue weighted by molar-refractivity contribution is 7.92. The van der Waals surface area contributed by atoms with Crippen LogP contribution in [0.3, 0.4) is 0 Å². The van der Waals surface area contributed by atoms with E-state index in [4.69, 9.17) is 11.6 Å². The number of hydrogen-bond acceptors (Lipinski definition) is 2. The van der Waals surface area contributed by atoms with Gasteiger partial charge in [-0.15, -0.1) is 0 Å². The molecule has 3 nitrogen and oxygen atoms in total. The molecule has 0 bridgehead atoms. The monoisotopic (exact) mass is 371 g/mol. The number of nitrogens with one attached hydrogen (secondary N) is 1. The minimum Gasteiger partial charge on any atom is -0.278 e. The van der Waals surface area contributed by atoms with E-state index in [1.54, 1.807) is 4.72 Å². The predicted octanol–water partition coefficient (Wildman–Crippen LogP) is 4.44. The normalized spacial score (nSPS) is 12.3. The Labute approximate surface area is 132 Å². The lowest BCUT2D eigenvalue weighted by molar-refractivity contribution is -0.137. The Kier molecular flexibility index (Phi) is 4.54. The maximum atomic E-state index is 13.5. The molecular formula is C13H7ClF5NO2S. The van der Waals surface area contributed by atoms with Crippen molar-refractivity contribution in [1.29, 1.82) is 0 Å². The van der Waals surface area contributed by atoms with E-state index in [1.807, 2.05) is 0 Å². The molecule has 0 aliphatic carbocycles. The third-order valence-electron chi connectivity index (χ3n) is 2.72. The summed E-state index contributed by atoms with van der Waals surface area (Å²) in [5.74, 6) is -2.29. The number of alkyl halides is 3. The Morgan fingerprint density at radius 1 is 1.00 bits per heavy atom. The van der Waals surface area contributed by atoms with Crippen LogP contribution in [0.15, 0.2) is 41.3 Å². The third-order valence-corrected chi connectivity index (χ3v) is 4.43. The molecule has 0 spiro atoms. The maximum absolute atomic E-state index is 13.5. The van der Waals surface area contributed by atoms with E-state index in [1.165, 1.54) is 0 Å². The summed E-state index contributed by atoms with van der Waals surface area (Å²) >= 11 is 5.65. The van der Waals surface area contributed by atoms with Crippen molar-refractivity contribution in [2.24, 2.45) is 0 Å². The standard InChI is InChI=1S/C13H7ClF5NO2S/c14-9-3-1-7(13(17,18)19)5-11(9)20-23(21,22)12-6-8(15)2-4-10(12)16/h1-6,20H. The van der Waals surface area contributed by atoms with Crippen LogP contribution in [-0.4, -0.2) is 8.42 Å². The van der Waals surface area contributed by atoms with Gasteiger partial charge in [0, 0.05) is 0 Å². The van der Waals surface area contributed by atoms with Crippen LogP contribution in [0, 0.1) is 11.6 Å². The average Bonchev–Trinajstić information content (AvgIpc) is 2.42. The first-order chi connectivity index (χ1) is 10.5. The zero-order chi connectivity index (χ0) is 17.4. The van der Waals surface area contributed by atoms with Gasteiger partial charge in [-0.05, 0) is 36.4 Å². The summed E-state index contributed by atoms with van der Waals surface area (Å²) in [6.07, 6.45) is -4.73. The SMILES string of the molecule is O=S(=O)(Nc1cc(C(F)(F)F)ccc1Cl)c1cc(F)ccc1F. The lowest BCUT2D eigenvalue weighted by Gasteiger charge is -2.13. The Morgan fingerprint density at radius 2 is 1.65 bits per heavy atom. The first-order valence-electron chi connectivity index (χ1n) is 5.85. The minimum atomic E-state index is -4.73. The first-order valence-corrected chi connectivity index (χ1v) is 7.71. The van der Waals surface area contributed by atoms with Crippen LogP contribution in [0.1, 0.15) is 5.56 Å². The highest BCUT2D eigenvalue weighted by Gasteiger charge is 2.31. The number of anilines is 1. The van der Waals surface area contributed by atoms with Crippen molar-refractivity contribution in [3.8, 4) is 0 Å². The van der Waals surface area contributed by atoms with E-state index < -0.39 is 44.0 Å². The van der Waals surface area contributed by atoms with E-state index in [-0.39, 0.29) is 5.02 Å². The van der Waals surface area contributed by atoms with Crippen molar-refractivity contribution in [2.75, 3.05) is 4.72 Å². The molecule has 2 rings (SSSR count). The molecule has 23 heavy (non-hydrogen) atoms. The fourth-order valence-corrected chi connectivity index (χ4v) is 3.04. The van der Waals surface area contributed by atoms with Gasteiger partial charge in [0.2, 0.25) is 0 Å². The summed E-state index contributed by atoms with van der Waals surface area (Å²) in [6.45, 7) is 0. The molecule has 0 aliphatic rings. The van der Waals surface area contributed by atoms with Crippen molar-refractivity contribution in [2.45, 2.75) is 11.1 Å². The van der Waals surface area contributed by atoms with Gasteiger partial charge in [-0.1, -0.05) is 11.6 Å². The lowest BCUT2D eigenvalue weighted by Crippen LogP contribution is -2.16. The molecule has 0 atom stereocenters. The number of hydrogen-bond donors (Lipinski definition) is 1. The summed E-state index contributed by atoms with van der Waals surface area (Å²) in [5.41, 5.74) is -1.76. The molecule has 0 heterocycles. The second-order valence-corrected chi connectivity index (χ2v) is 6.43. The van der Waals surface area contributed by atoms with Crippen LogP contribution in [0.2, 0.25) is 5.02 Å². The number of sulfonamides is 1. The highest BCUT2D eigenvalue weighted by atomic mass is 35.5. The zero-order valence-electron chi connectivity index (χ0n) is 11.0. The second-order valence-electron chi connectivity index (χ2n) is 4.37. The molecule has 0 saturated carbocycles. The number of benzene rings is 2. The Balaban J connectivity index is 2.47. The van der Waals surface area contributed by atoms with Crippen LogP contribution < -0.4 is 4.72 Å². The van der Waals surface area contributed by atoms with Crippen molar-refractivity contribution < 1.29 is 30.4 Å². The molecule has 0 radical (unpaired) electrons. The molecule has 2 aromatic rings. The van der Waals surface area contributed by atoms with Crippen LogP contribution in [-0.2, 0) is 16.2 Å². The van der Waals surface area contributed by atoms with E-state index in [9.17, 15) is 30.4 Å². The summed E-state index contributed by atoms with van der Waals surface area (Å²) in [7, 11) is -4.67. The first kappa shape index (κ1) is 17.5. The zero-order valence-corrected chi connectivity index (χ0v) is 12.5. The lowest BCUT2D eigenvalue weighted by atomic mass is 10.2. The van der Waals surface area contributed by atoms with Gasteiger partial charge < -0.3 is 0 Å². The Morgan fingerprint density at radius 3 is 2.26 bits per heavy atom. The van der Waals surface area contributed by atoms with Crippen molar-refractivity contribution in [3.05, 3.63) is 58.6 Å². The minimum absolute atomic E-state index is 0.335. The molecule has 0 saturated heterocycles. The van der Waals surface area contributed by atoms with Crippen molar-refractivity contribution >= 4 is 27.3 Å². The average molecular weight is 372 g/mol. The van der Waals surface area contributed by atoms with E-state index >= 15 is 0 Å². The van der Waals surface area contributed by atoms with Crippen molar-refractivity contribution in [3.63, 3.8) is 0 Å². The smallest absolute Gasteiger partial charge is 0.278 e. The molecule has 0 unspecified atom stereocenters. The number of rotatable bonds is 3. The second kappa shape index (κ2) is 5.97. The molecule has 124 valence electrons. The quantitative estimate of drug-likeness (QED) is 0.811. The van der Waals surface area contributed by atoms with Gasteiger partial charge in [0.1, 0.15) is 16.5 Å². The van der Waals surface area contributed by atoms with E-state index in [0.29, 0.717) is 30.3 Å². The molecular weight excluding hydrogens is 365 g/mol. The Bertz CT molecular complexity index is 852. The molecule has 0 fully saturated rings. The summed E-state index contributed by atoms with van der Waals surface area (Å²) in [6, 6.07) is 3.63. The fourth-order valence-electron chi connectivity index (χ4n) is 1.66. The van der Waals surface area contributed by atoms with Crippen LogP contribution in [0.5, 0.6) is 0 Å². The van der Waals surface area contributed by atoms with Crippen LogP contribution >= 0.6 is 11.6 Å². The van der Waals surface area contributed by atoms with Gasteiger partial charge in [0.15, 0.2) is 0 Å². The molecule has 0 aromatic heterocycles. The summed E-state index contributed by atoms with van der Waals surface area (Å²) in [5, 5.41) is -0.335. The molecule has 10 heteroatoms. The van der Waals surface area contributed by atoms with Gasteiger partial charge in [-0.2, -0.15) is 13.2 Å². The Hall–Kier alpha value is -1.87. The predicted molar refractivity (Wildman–Crippen MR) is 73.6 cm³/mol. The molecule has 0 aliphatic heterocycles. The van der Waals surface area contributed by atoms with Gasteiger partial charge in [0.25, 0.3) is 10.0 Å². The van der Waals surface area contributed by atoms with Gasteiger partial charge in [-0.25, -0.2) is 17.2 Å².